The highest BCUT2D eigenvalue weighted by Gasteiger charge is 2.44. The summed E-state index contributed by atoms with van der Waals surface area (Å²) in [6, 6.07) is -1.18. The number of ether oxygens (including phenoxy) is 2. The Morgan fingerprint density at radius 1 is 0.723 bits per heavy atom. The number of allylic oxidation sites excluding steroid dienone is 4. The molecule has 1 rings (SSSR count). The van der Waals surface area contributed by atoms with Crippen LogP contribution in [-0.2, 0) is 14.3 Å². The molecule has 1 saturated heterocycles. The molecule has 0 aliphatic carbocycles. The van der Waals surface area contributed by atoms with E-state index in [2.05, 4.69) is 43.5 Å². The van der Waals surface area contributed by atoms with Gasteiger partial charge in [0.1, 0.15) is 36.6 Å². The zero-order valence-corrected chi connectivity index (χ0v) is 29.0. The fraction of sp³-hybridized carbons (Fsp3) is 0.861. The van der Waals surface area contributed by atoms with Gasteiger partial charge in [-0.3, -0.25) is 4.79 Å². The van der Waals surface area contributed by atoms with Gasteiger partial charge < -0.3 is 50.5 Å². The van der Waals surface area contributed by atoms with Crippen molar-refractivity contribution in [3.63, 3.8) is 0 Å². The van der Waals surface area contributed by atoms with Crippen molar-refractivity contribution in [2.24, 2.45) is 0 Å². The van der Waals surface area contributed by atoms with Crippen LogP contribution in [0.1, 0.15) is 129 Å². The molecule has 0 bridgehead atoms. The van der Waals surface area contributed by atoms with Crippen molar-refractivity contribution >= 4 is 5.91 Å². The molecule has 0 aromatic heterocycles. The predicted molar refractivity (Wildman–Crippen MR) is 182 cm³/mol. The third-order valence-corrected chi connectivity index (χ3v) is 8.73. The van der Waals surface area contributed by atoms with E-state index in [9.17, 15) is 40.5 Å². The predicted octanol–water partition coefficient (Wildman–Crippen LogP) is 3.54. The summed E-state index contributed by atoms with van der Waals surface area (Å²) in [4.78, 5) is 12.9. The summed E-state index contributed by atoms with van der Waals surface area (Å²) >= 11 is 0. The molecule has 0 saturated carbocycles. The van der Waals surface area contributed by atoms with Crippen LogP contribution in [-0.4, -0.2) is 110 Å². The summed E-state index contributed by atoms with van der Waals surface area (Å²) < 4.78 is 11.0. The first-order valence-electron chi connectivity index (χ1n) is 18.2. The lowest BCUT2D eigenvalue weighted by Crippen LogP contribution is -2.60. The maximum Gasteiger partial charge on any atom is 0.249 e. The molecular weight excluding hydrogens is 606 g/mol. The molecule has 8 N–H and O–H groups in total. The Morgan fingerprint density at radius 2 is 1.26 bits per heavy atom. The molecule has 11 nitrogen and oxygen atoms in total. The molecule has 1 aliphatic heterocycles. The molecule has 1 amide bonds. The second kappa shape index (κ2) is 27.4. The van der Waals surface area contributed by atoms with Crippen molar-refractivity contribution in [1.82, 2.24) is 5.32 Å². The summed E-state index contributed by atoms with van der Waals surface area (Å²) in [5.74, 6) is -0.723. The minimum Gasteiger partial charge on any atom is -0.394 e. The number of hydrogen-bond donors (Lipinski definition) is 8. The van der Waals surface area contributed by atoms with Crippen LogP contribution in [0.3, 0.4) is 0 Å². The minimum atomic E-state index is -1.66. The summed E-state index contributed by atoms with van der Waals surface area (Å²) in [6.45, 7) is 3.29. The number of nitrogens with one attached hydrogen (secondary N) is 1. The van der Waals surface area contributed by atoms with Crippen LogP contribution in [0.4, 0.5) is 0 Å². The molecule has 9 unspecified atom stereocenters. The van der Waals surface area contributed by atoms with Gasteiger partial charge in [-0.05, 0) is 64.2 Å². The SMILES string of the molecule is CCCCC/C=C\CCCCCCC(O)C(=O)NC(COC1OC(CO)C(O)C(O)C1O)C(O)C(O)CCC/C=C/CCCCCC. The van der Waals surface area contributed by atoms with Crippen LogP contribution >= 0.6 is 0 Å². The highest BCUT2D eigenvalue weighted by atomic mass is 16.7. The van der Waals surface area contributed by atoms with Gasteiger partial charge in [-0.25, -0.2) is 0 Å². The molecule has 11 heteroatoms. The molecule has 0 radical (unpaired) electrons. The van der Waals surface area contributed by atoms with Gasteiger partial charge in [0, 0.05) is 0 Å². The van der Waals surface area contributed by atoms with Gasteiger partial charge in [0.05, 0.1) is 25.4 Å². The van der Waals surface area contributed by atoms with Gasteiger partial charge in [-0.1, -0.05) is 89.5 Å². The molecule has 0 spiro atoms. The number of unbranched alkanes of at least 4 members (excludes halogenated alkanes) is 12. The van der Waals surface area contributed by atoms with Gasteiger partial charge in [0.2, 0.25) is 5.91 Å². The standard InChI is InChI=1S/C36H67NO10/c1-3-5-7-9-11-13-14-16-18-20-22-24-29(40)35(45)37-27(26-46-36-34(44)33(43)32(42)30(25-38)47-36)31(41)28(39)23-21-19-17-15-12-10-8-6-4-2/h11,13,15,17,27-34,36,38-44H,3-10,12,14,16,18-26H2,1-2H3,(H,37,45)/b13-11-,17-15+. The monoisotopic (exact) mass is 673 g/mol. The molecule has 0 aromatic rings. The summed E-state index contributed by atoms with van der Waals surface area (Å²) in [7, 11) is 0. The van der Waals surface area contributed by atoms with Crippen molar-refractivity contribution < 1.29 is 50.0 Å². The van der Waals surface area contributed by atoms with Crippen LogP contribution in [0.25, 0.3) is 0 Å². The van der Waals surface area contributed by atoms with Crippen molar-refractivity contribution in [2.45, 2.75) is 184 Å². The molecule has 1 heterocycles. The van der Waals surface area contributed by atoms with Crippen molar-refractivity contribution in [3.8, 4) is 0 Å². The van der Waals surface area contributed by atoms with E-state index in [4.69, 9.17) is 9.47 Å². The second-order valence-electron chi connectivity index (χ2n) is 12.9. The first kappa shape index (κ1) is 43.6. The Kier molecular flexibility index (Phi) is 25.4. The maximum absolute atomic E-state index is 12.9. The lowest BCUT2D eigenvalue weighted by Gasteiger charge is -2.40. The Balaban J connectivity index is 2.64. The molecule has 1 aliphatic rings. The van der Waals surface area contributed by atoms with Gasteiger partial charge in [0.25, 0.3) is 0 Å². The van der Waals surface area contributed by atoms with Gasteiger partial charge in [-0.15, -0.1) is 0 Å². The van der Waals surface area contributed by atoms with E-state index >= 15 is 0 Å². The Labute approximate surface area is 283 Å². The van der Waals surface area contributed by atoms with Crippen molar-refractivity contribution in [1.29, 1.82) is 0 Å². The van der Waals surface area contributed by atoms with Gasteiger partial charge >= 0.3 is 0 Å². The first-order chi connectivity index (χ1) is 22.7. The number of carbonyl (C=O) groups is 1. The van der Waals surface area contributed by atoms with Crippen molar-refractivity contribution in [2.75, 3.05) is 13.2 Å². The zero-order valence-electron chi connectivity index (χ0n) is 29.0. The highest BCUT2D eigenvalue weighted by Crippen LogP contribution is 2.23. The number of hydrogen-bond acceptors (Lipinski definition) is 10. The smallest absolute Gasteiger partial charge is 0.249 e. The fourth-order valence-electron chi connectivity index (χ4n) is 5.55. The summed E-state index contributed by atoms with van der Waals surface area (Å²) in [5, 5.41) is 74.8. The average molecular weight is 674 g/mol. The van der Waals surface area contributed by atoms with E-state index in [0.29, 0.717) is 12.8 Å². The molecule has 9 atom stereocenters. The lowest BCUT2D eigenvalue weighted by molar-refractivity contribution is -0.303. The second-order valence-corrected chi connectivity index (χ2v) is 12.9. The number of aliphatic hydroxyl groups is 7. The normalized spacial score (nSPS) is 24.5. The summed E-state index contributed by atoms with van der Waals surface area (Å²) in [6.07, 6.45) is 14.1. The highest BCUT2D eigenvalue weighted by molar-refractivity contribution is 5.80. The van der Waals surface area contributed by atoms with Crippen LogP contribution < -0.4 is 5.32 Å². The van der Waals surface area contributed by atoms with Crippen LogP contribution in [0, 0.1) is 0 Å². The van der Waals surface area contributed by atoms with E-state index in [1.54, 1.807) is 0 Å². The molecule has 47 heavy (non-hydrogen) atoms. The van der Waals surface area contributed by atoms with E-state index in [1.165, 1.54) is 38.5 Å². The van der Waals surface area contributed by atoms with Crippen molar-refractivity contribution in [3.05, 3.63) is 24.3 Å². The van der Waals surface area contributed by atoms with E-state index in [-0.39, 0.29) is 12.8 Å². The van der Waals surface area contributed by atoms with E-state index < -0.39 is 74.2 Å². The number of aliphatic hydroxyl groups excluding tert-OH is 7. The van der Waals surface area contributed by atoms with E-state index in [0.717, 1.165) is 51.4 Å². The number of carbonyl (C=O) groups excluding carboxylic acids is 1. The number of rotatable bonds is 28. The van der Waals surface area contributed by atoms with Gasteiger partial charge in [-0.2, -0.15) is 0 Å². The topological polar surface area (TPSA) is 189 Å². The molecule has 0 aromatic carbocycles. The van der Waals surface area contributed by atoms with E-state index in [1.807, 2.05) is 0 Å². The Morgan fingerprint density at radius 3 is 1.85 bits per heavy atom. The summed E-state index contributed by atoms with van der Waals surface area (Å²) in [5.41, 5.74) is 0. The van der Waals surface area contributed by atoms with Crippen LogP contribution in [0.15, 0.2) is 24.3 Å². The zero-order chi connectivity index (χ0) is 34.9. The largest absolute Gasteiger partial charge is 0.394 e. The van der Waals surface area contributed by atoms with Crippen LogP contribution in [0.2, 0.25) is 0 Å². The third kappa shape index (κ3) is 18.8. The Bertz CT molecular complexity index is 826. The molecule has 1 fully saturated rings. The third-order valence-electron chi connectivity index (χ3n) is 8.73. The fourth-order valence-corrected chi connectivity index (χ4v) is 5.55. The lowest BCUT2D eigenvalue weighted by atomic mass is 9.98. The van der Waals surface area contributed by atoms with Crippen LogP contribution in [0.5, 0.6) is 0 Å². The molecule has 276 valence electrons. The Hall–Kier alpha value is -1.41. The number of amides is 1. The molecular formula is C36H67NO10. The minimum absolute atomic E-state index is 0.238. The quantitative estimate of drug-likeness (QED) is 0.0451. The average Bonchev–Trinajstić information content (AvgIpc) is 3.07. The maximum atomic E-state index is 12.9. The van der Waals surface area contributed by atoms with Gasteiger partial charge in [0.15, 0.2) is 6.29 Å². The first-order valence-corrected chi connectivity index (χ1v) is 18.2.